The molecule has 0 bridgehead atoms. The Morgan fingerprint density at radius 1 is 1.04 bits per heavy atom. The van der Waals surface area contributed by atoms with Gasteiger partial charge >= 0.3 is 0 Å². The predicted molar refractivity (Wildman–Crippen MR) is 97.6 cm³/mol. The van der Waals surface area contributed by atoms with E-state index in [2.05, 4.69) is 0 Å². The average Bonchev–Trinajstić information content (AvgIpc) is 2.40. The zero-order chi connectivity index (χ0) is 18.3. The van der Waals surface area contributed by atoms with E-state index in [9.17, 15) is 21.4 Å². The molecule has 12 heteroatoms. The molecule has 25 heavy (non-hydrogen) atoms. The van der Waals surface area contributed by atoms with Gasteiger partial charge in [0.15, 0.2) is 15.6 Å². The Kier molecular flexibility index (Phi) is 6.60. The molecule has 0 saturated heterocycles. The number of halogens is 3. The molecular formula is C13H12Cl3NO6S2. The average molecular weight is 449 g/mol. The minimum atomic E-state index is -4.68. The fourth-order valence-electron chi connectivity index (χ4n) is 1.85. The molecule has 0 aliphatic rings. The van der Waals surface area contributed by atoms with Crippen molar-refractivity contribution in [2.75, 3.05) is 12.0 Å². The number of hydrogen-bond donors (Lipinski definition) is 2. The molecule has 2 aromatic rings. The third kappa shape index (κ3) is 4.90. The maximum atomic E-state index is 11.9. The summed E-state index contributed by atoms with van der Waals surface area (Å²) in [6, 6.07) is 5.98. The molecule has 138 valence electrons. The monoisotopic (exact) mass is 447 g/mol. The van der Waals surface area contributed by atoms with Gasteiger partial charge in [0.25, 0.3) is 10.1 Å². The maximum Gasteiger partial charge on any atom is 0.296 e. The highest BCUT2D eigenvalue weighted by molar-refractivity contribution is 7.90. The van der Waals surface area contributed by atoms with Crippen LogP contribution in [0.2, 0.25) is 10.0 Å². The topological polar surface area (TPSA) is 124 Å². The van der Waals surface area contributed by atoms with Crippen molar-refractivity contribution in [2.24, 2.45) is 0 Å². The van der Waals surface area contributed by atoms with Crippen LogP contribution in [0.1, 0.15) is 0 Å². The summed E-state index contributed by atoms with van der Waals surface area (Å²) in [5.74, 6) is -0.456. The summed E-state index contributed by atoms with van der Waals surface area (Å²) >= 11 is 11.7. The first-order valence-electron chi connectivity index (χ1n) is 6.14. The third-order valence-corrected chi connectivity index (χ3v) is 5.47. The van der Waals surface area contributed by atoms with E-state index in [1.807, 2.05) is 0 Å². The summed E-state index contributed by atoms with van der Waals surface area (Å²) in [5.41, 5.74) is 5.13. The van der Waals surface area contributed by atoms with Crippen molar-refractivity contribution < 1.29 is 26.1 Å². The van der Waals surface area contributed by atoms with E-state index < -0.39 is 36.3 Å². The molecule has 0 fully saturated rings. The lowest BCUT2D eigenvalue weighted by Gasteiger charge is -2.15. The highest BCUT2D eigenvalue weighted by Crippen LogP contribution is 2.40. The fourth-order valence-corrected chi connectivity index (χ4v) is 3.71. The summed E-state index contributed by atoms with van der Waals surface area (Å²) in [6.07, 6.45) is 0.894. The molecule has 0 saturated carbocycles. The maximum absolute atomic E-state index is 11.9. The molecule has 2 aromatic carbocycles. The van der Waals surface area contributed by atoms with Crippen molar-refractivity contribution in [2.45, 2.75) is 9.79 Å². The van der Waals surface area contributed by atoms with Gasteiger partial charge < -0.3 is 10.5 Å². The van der Waals surface area contributed by atoms with E-state index in [0.29, 0.717) is 5.02 Å². The zero-order valence-electron chi connectivity index (χ0n) is 12.4. The summed E-state index contributed by atoms with van der Waals surface area (Å²) in [7, 11) is -8.49. The second-order valence-electron chi connectivity index (χ2n) is 4.73. The normalized spacial score (nSPS) is 11.7. The number of sulfone groups is 1. The third-order valence-electron chi connectivity index (χ3n) is 2.90. The van der Waals surface area contributed by atoms with Gasteiger partial charge in [-0.1, -0.05) is 23.2 Å². The minimum Gasteiger partial charge on any atom is -0.452 e. The molecule has 0 aromatic heterocycles. The standard InChI is InChI=1S/C13H11Cl2NO6S2.ClH/c1-23(17,18)11-5-4-10(24(19,20)21)12(16)13(11)22-9-3-2-7(14)6-8(9)15;/h2-6H,16H2,1H3,(H,19,20,21);1H. The van der Waals surface area contributed by atoms with Gasteiger partial charge in [-0.05, 0) is 30.3 Å². The summed E-state index contributed by atoms with van der Waals surface area (Å²) in [4.78, 5) is -1.05. The van der Waals surface area contributed by atoms with Crippen LogP contribution in [0, 0.1) is 0 Å². The quantitative estimate of drug-likeness (QED) is 0.542. The second-order valence-corrected chi connectivity index (χ2v) is 8.95. The van der Waals surface area contributed by atoms with Crippen LogP contribution in [0.5, 0.6) is 11.5 Å². The van der Waals surface area contributed by atoms with Gasteiger partial charge in [0.1, 0.15) is 15.5 Å². The first-order chi connectivity index (χ1) is 10.9. The van der Waals surface area contributed by atoms with Crippen LogP contribution in [-0.4, -0.2) is 27.6 Å². The smallest absolute Gasteiger partial charge is 0.296 e. The summed E-state index contributed by atoms with van der Waals surface area (Å²) < 4.78 is 61.1. The lowest BCUT2D eigenvalue weighted by Crippen LogP contribution is -2.09. The van der Waals surface area contributed by atoms with Crippen LogP contribution >= 0.6 is 35.6 Å². The van der Waals surface area contributed by atoms with Crippen LogP contribution in [0.25, 0.3) is 0 Å². The van der Waals surface area contributed by atoms with E-state index >= 15 is 0 Å². The number of nitrogen functional groups attached to an aromatic ring is 1. The van der Waals surface area contributed by atoms with Crippen LogP contribution in [0.3, 0.4) is 0 Å². The largest absolute Gasteiger partial charge is 0.452 e. The molecule has 0 amide bonds. The van der Waals surface area contributed by atoms with Crippen molar-refractivity contribution in [1.29, 1.82) is 0 Å². The van der Waals surface area contributed by atoms with Crippen LogP contribution in [0.15, 0.2) is 40.1 Å². The zero-order valence-corrected chi connectivity index (χ0v) is 16.4. The molecule has 2 rings (SSSR count). The Labute approximate surface area is 160 Å². The van der Waals surface area contributed by atoms with Crippen LogP contribution in [0.4, 0.5) is 5.69 Å². The van der Waals surface area contributed by atoms with E-state index in [1.165, 1.54) is 18.2 Å². The first kappa shape index (κ1) is 21.8. The molecule has 0 unspecified atom stereocenters. The van der Waals surface area contributed by atoms with Gasteiger partial charge in [-0.2, -0.15) is 8.42 Å². The Morgan fingerprint density at radius 3 is 2.08 bits per heavy atom. The molecule has 3 N–H and O–H groups in total. The van der Waals surface area contributed by atoms with Gasteiger partial charge in [-0.25, -0.2) is 8.42 Å². The Bertz CT molecular complexity index is 1020. The van der Waals surface area contributed by atoms with Gasteiger partial charge in [0, 0.05) is 11.3 Å². The van der Waals surface area contributed by atoms with E-state index in [-0.39, 0.29) is 28.1 Å². The highest BCUT2D eigenvalue weighted by Gasteiger charge is 2.25. The van der Waals surface area contributed by atoms with Gasteiger partial charge in [0.2, 0.25) is 0 Å². The predicted octanol–water partition coefficient (Wildman–Crippen LogP) is 3.44. The van der Waals surface area contributed by atoms with Crippen molar-refractivity contribution in [1.82, 2.24) is 0 Å². The number of ether oxygens (including phenoxy) is 1. The molecule has 0 heterocycles. The lowest BCUT2D eigenvalue weighted by atomic mass is 10.3. The minimum absolute atomic E-state index is 0. The van der Waals surface area contributed by atoms with E-state index in [4.69, 9.17) is 33.7 Å². The van der Waals surface area contributed by atoms with E-state index in [1.54, 1.807) is 0 Å². The number of nitrogens with two attached hydrogens (primary N) is 1. The molecule has 0 aliphatic carbocycles. The van der Waals surface area contributed by atoms with Crippen LogP contribution < -0.4 is 10.5 Å². The SMILES string of the molecule is CS(=O)(=O)c1ccc(S(=O)(=O)O)c(N)c1Oc1ccc(Cl)cc1Cl.Cl. The second kappa shape index (κ2) is 7.56. The molecule has 0 aliphatic heterocycles. The van der Waals surface area contributed by atoms with E-state index in [0.717, 1.165) is 18.4 Å². The number of anilines is 1. The number of hydrogen-bond acceptors (Lipinski definition) is 6. The lowest BCUT2D eigenvalue weighted by molar-refractivity contribution is 0.464. The molecule has 0 radical (unpaired) electrons. The molecule has 0 spiro atoms. The molecule has 7 nitrogen and oxygen atoms in total. The van der Waals surface area contributed by atoms with Gasteiger partial charge in [-0.15, -0.1) is 12.4 Å². The van der Waals surface area contributed by atoms with Crippen molar-refractivity contribution in [3.05, 3.63) is 40.4 Å². The number of rotatable bonds is 4. The highest BCUT2D eigenvalue weighted by atomic mass is 35.5. The summed E-state index contributed by atoms with van der Waals surface area (Å²) in [5, 5.41) is 0.369. The number of benzene rings is 2. The van der Waals surface area contributed by atoms with Crippen molar-refractivity contribution in [3.63, 3.8) is 0 Å². The first-order valence-corrected chi connectivity index (χ1v) is 10.2. The Morgan fingerprint density at radius 2 is 1.60 bits per heavy atom. The Hall–Kier alpha value is -1.23. The molecule has 0 atom stereocenters. The van der Waals surface area contributed by atoms with Gasteiger partial charge in [-0.3, -0.25) is 4.55 Å². The van der Waals surface area contributed by atoms with Gasteiger partial charge in [0.05, 0.1) is 10.7 Å². The Balaban J connectivity index is 0.00000312. The summed E-state index contributed by atoms with van der Waals surface area (Å²) in [6.45, 7) is 0. The fraction of sp³-hybridized carbons (Fsp3) is 0.0769. The molecular weight excluding hydrogens is 437 g/mol. The van der Waals surface area contributed by atoms with Crippen molar-refractivity contribution >= 4 is 61.3 Å². The van der Waals surface area contributed by atoms with Crippen LogP contribution in [-0.2, 0) is 20.0 Å². The van der Waals surface area contributed by atoms with Crippen molar-refractivity contribution in [3.8, 4) is 11.5 Å².